The van der Waals surface area contributed by atoms with Crippen molar-refractivity contribution in [2.75, 3.05) is 24.6 Å². The molecule has 0 aromatic heterocycles. The quantitative estimate of drug-likeness (QED) is 0.812. The molecule has 6 nitrogen and oxygen atoms in total. The number of cyclic esters (lactones) is 1. The van der Waals surface area contributed by atoms with E-state index in [2.05, 4.69) is 17.2 Å². The summed E-state index contributed by atoms with van der Waals surface area (Å²) in [6.07, 6.45) is -0.237. The lowest BCUT2D eigenvalue weighted by molar-refractivity contribution is 0.0958. The predicted octanol–water partition coefficient (Wildman–Crippen LogP) is 3.21. The highest BCUT2D eigenvalue weighted by Crippen LogP contribution is 2.18. The van der Waals surface area contributed by atoms with Crippen LogP contribution < -0.4 is 15.0 Å². The van der Waals surface area contributed by atoms with Crippen LogP contribution in [0.15, 0.2) is 48.5 Å². The Bertz CT molecular complexity index is 893. The summed E-state index contributed by atoms with van der Waals surface area (Å²) in [6, 6.07) is 14.3. The van der Waals surface area contributed by atoms with E-state index in [-0.39, 0.29) is 24.6 Å². The fraction of sp³-hybridized carbons (Fsp3) is 0.273. The van der Waals surface area contributed by atoms with Crippen LogP contribution in [-0.2, 0) is 4.74 Å². The van der Waals surface area contributed by atoms with E-state index in [1.807, 2.05) is 38.1 Å². The molecule has 0 radical (unpaired) electrons. The number of carbonyl (C=O) groups excluding carboxylic acids is 2. The van der Waals surface area contributed by atoms with Gasteiger partial charge in [0.2, 0.25) is 0 Å². The van der Waals surface area contributed by atoms with Crippen molar-refractivity contribution >= 4 is 17.7 Å². The molecule has 1 aliphatic heterocycles. The molecule has 2 aromatic carbocycles. The second-order valence-electron chi connectivity index (χ2n) is 6.49. The van der Waals surface area contributed by atoms with Gasteiger partial charge in [0.15, 0.2) is 0 Å². The normalized spacial score (nSPS) is 13.0. The van der Waals surface area contributed by atoms with E-state index in [0.717, 1.165) is 17.0 Å². The third-order valence-corrected chi connectivity index (χ3v) is 4.00. The number of ether oxygens (including phenoxy) is 2. The minimum atomic E-state index is -0.328. The Kier molecular flexibility index (Phi) is 6.18. The molecule has 1 heterocycles. The standard InChI is InChI=1S/C22H22N2O4/c1-16(2)28-20-11-7-18(8-12-20)21(25)23-13-3-4-17-5-9-19(10-6-17)24-14-15-27-22(24)26/h5-12,16H,13-15H2,1-2H3,(H,23,25). The molecule has 0 atom stereocenters. The maximum atomic E-state index is 12.1. The van der Waals surface area contributed by atoms with Gasteiger partial charge in [0.05, 0.1) is 19.2 Å². The van der Waals surface area contributed by atoms with Gasteiger partial charge in [-0.15, -0.1) is 0 Å². The minimum Gasteiger partial charge on any atom is -0.491 e. The van der Waals surface area contributed by atoms with Crippen molar-refractivity contribution in [1.82, 2.24) is 5.32 Å². The van der Waals surface area contributed by atoms with Crippen molar-refractivity contribution < 1.29 is 19.1 Å². The van der Waals surface area contributed by atoms with E-state index >= 15 is 0 Å². The second kappa shape index (κ2) is 8.96. The molecule has 0 bridgehead atoms. The van der Waals surface area contributed by atoms with Gasteiger partial charge in [-0.1, -0.05) is 11.8 Å². The summed E-state index contributed by atoms with van der Waals surface area (Å²) < 4.78 is 10.5. The van der Waals surface area contributed by atoms with E-state index in [1.165, 1.54) is 0 Å². The number of nitrogens with one attached hydrogen (secondary N) is 1. The molecular weight excluding hydrogens is 356 g/mol. The first kappa shape index (κ1) is 19.3. The molecule has 1 aliphatic rings. The van der Waals surface area contributed by atoms with Crippen molar-refractivity contribution in [1.29, 1.82) is 0 Å². The lowest BCUT2D eigenvalue weighted by Gasteiger charge is -2.11. The fourth-order valence-electron chi connectivity index (χ4n) is 2.68. The van der Waals surface area contributed by atoms with Crippen LogP contribution in [0.25, 0.3) is 0 Å². The van der Waals surface area contributed by atoms with Crippen molar-refractivity contribution in [2.45, 2.75) is 20.0 Å². The molecule has 28 heavy (non-hydrogen) atoms. The van der Waals surface area contributed by atoms with Crippen molar-refractivity contribution in [3.8, 4) is 17.6 Å². The van der Waals surface area contributed by atoms with Crippen LogP contribution in [0, 0.1) is 11.8 Å². The summed E-state index contributed by atoms with van der Waals surface area (Å²) in [5, 5.41) is 2.77. The Hall–Kier alpha value is -3.46. The van der Waals surface area contributed by atoms with Gasteiger partial charge in [-0.05, 0) is 62.4 Å². The first-order valence-electron chi connectivity index (χ1n) is 9.11. The van der Waals surface area contributed by atoms with Crippen LogP contribution in [0.2, 0.25) is 0 Å². The fourth-order valence-corrected chi connectivity index (χ4v) is 2.68. The van der Waals surface area contributed by atoms with Gasteiger partial charge in [-0.2, -0.15) is 0 Å². The molecule has 0 saturated carbocycles. The number of nitrogens with zero attached hydrogens (tertiary/aromatic N) is 1. The van der Waals surface area contributed by atoms with Gasteiger partial charge >= 0.3 is 6.09 Å². The topological polar surface area (TPSA) is 67.9 Å². The third kappa shape index (κ3) is 5.04. The van der Waals surface area contributed by atoms with E-state index in [0.29, 0.717) is 18.7 Å². The number of hydrogen-bond donors (Lipinski definition) is 1. The van der Waals surface area contributed by atoms with Crippen molar-refractivity contribution in [2.24, 2.45) is 0 Å². The van der Waals surface area contributed by atoms with Crippen LogP contribution >= 0.6 is 0 Å². The van der Waals surface area contributed by atoms with E-state index in [1.54, 1.807) is 29.2 Å². The number of hydrogen-bond acceptors (Lipinski definition) is 4. The zero-order valence-corrected chi connectivity index (χ0v) is 15.9. The second-order valence-corrected chi connectivity index (χ2v) is 6.49. The molecular formula is C22H22N2O4. The average Bonchev–Trinajstić information content (AvgIpc) is 3.11. The zero-order chi connectivity index (χ0) is 19.9. The Labute approximate surface area is 164 Å². The van der Waals surface area contributed by atoms with Gasteiger partial charge in [-0.25, -0.2) is 4.79 Å². The number of amides is 2. The number of benzene rings is 2. The highest BCUT2D eigenvalue weighted by molar-refractivity contribution is 5.94. The Balaban J connectivity index is 1.50. The van der Waals surface area contributed by atoms with Gasteiger partial charge in [0.1, 0.15) is 12.4 Å². The largest absolute Gasteiger partial charge is 0.491 e. The van der Waals surface area contributed by atoms with E-state index in [4.69, 9.17) is 9.47 Å². The molecule has 0 spiro atoms. The lowest BCUT2D eigenvalue weighted by atomic mass is 10.2. The highest BCUT2D eigenvalue weighted by Gasteiger charge is 2.23. The smallest absolute Gasteiger partial charge is 0.414 e. The minimum absolute atomic E-state index is 0.0909. The summed E-state index contributed by atoms with van der Waals surface area (Å²) in [4.78, 5) is 25.3. The molecule has 1 saturated heterocycles. The maximum absolute atomic E-state index is 12.1. The molecule has 144 valence electrons. The van der Waals surface area contributed by atoms with Crippen LogP contribution in [0.4, 0.5) is 10.5 Å². The average molecular weight is 378 g/mol. The zero-order valence-electron chi connectivity index (χ0n) is 15.9. The predicted molar refractivity (Wildman–Crippen MR) is 107 cm³/mol. The molecule has 6 heteroatoms. The highest BCUT2D eigenvalue weighted by atomic mass is 16.6. The number of anilines is 1. The monoisotopic (exact) mass is 378 g/mol. The summed E-state index contributed by atoms with van der Waals surface area (Å²) >= 11 is 0. The number of rotatable bonds is 5. The Morgan fingerprint density at radius 2 is 1.89 bits per heavy atom. The molecule has 3 rings (SSSR count). The molecule has 1 fully saturated rings. The lowest BCUT2D eigenvalue weighted by Crippen LogP contribution is -2.23. The van der Waals surface area contributed by atoms with Gasteiger partial charge in [0.25, 0.3) is 5.91 Å². The first-order valence-corrected chi connectivity index (χ1v) is 9.11. The molecule has 2 aromatic rings. The van der Waals surface area contributed by atoms with Gasteiger partial charge in [-0.3, -0.25) is 9.69 Å². The van der Waals surface area contributed by atoms with Crippen molar-refractivity contribution in [3.05, 3.63) is 59.7 Å². The molecule has 0 aliphatic carbocycles. The van der Waals surface area contributed by atoms with E-state index in [9.17, 15) is 9.59 Å². The summed E-state index contributed by atoms with van der Waals surface area (Å²) in [5.41, 5.74) is 2.15. The summed E-state index contributed by atoms with van der Waals surface area (Å²) in [6.45, 7) is 5.11. The van der Waals surface area contributed by atoms with Crippen LogP contribution in [0.3, 0.4) is 0 Å². The van der Waals surface area contributed by atoms with Crippen LogP contribution in [0.5, 0.6) is 5.75 Å². The van der Waals surface area contributed by atoms with Crippen molar-refractivity contribution in [3.63, 3.8) is 0 Å². The van der Waals surface area contributed by atoms with Crippen LogP contribution in [-0.4, -0.2) is 37.8 Å². The summed E-state index contributed by atoms with van der Waals surface area (Å²) in [5.74, 6) is 6.46. The number of carbonyl (C=O) groups is 2. The van der Waals surface area contributed by atoms with Gasteiger partial charge in [0, 0.05) is 16.8 Å². The molecule has 0 unspecified atom stereocenters. The van der Waals surface area contributed by atoms with E-state index < -0.39 is 0 Å². The molecule has 1 N–H and O–H groups in total. The first-order chi connectivity index (χ1) is 13.5. The Morgan fingerprint density at radius 1 is 1.18 bits per heavy atom. The van der Waals surface area contributed by atoms with Gasteiger partial charge < -0.3 is 14.8 Å². The third-order valence-electron chi connectivity index (χ3n) is 4.00. The Morgan fingerprint density at radius 3 is 2.50 bits per heavy atom. The summed E-state index contributed by atoms with van der Waals surface area (Å²) in [7, 11) is 0. The SMILES string of the molecule is CC(C)Oc1ccc(C(=O)NCC#Cc2ccc(N3CCOC3=O)cc2)cc1. The van der Waals surface area contributed by atoms with Crippen LogP contribution in [0.1, 0.15) is 29.8 Å². The molecule has 2 amide bonds. The maximum Gasteiger partial charge on any atom is 0.414 e.